The Labute approximate surface area is 79.5 Å². The first-order chi connectivity index (χ1) is 6.57. The molecule has 0 fully saturated rings. The van der Waals surface area contributed by atoms with Crippen LogP contribution in [0, 0.1) is 0 Å². The van der Waals surface area contributed by atoms with Gasteiger partial charge in [0.05, 0.1) is 5.56 Å². The molecule has 0 atom stereocenters. The summed E-state index contributed by atoms with van der Waals surface area (Å²) in [6.07, 6.45) is 2.84. The number of aromatic carboxylic acids is 1. The SMILES string of the molecule is O=C(O)CO.O=C(O)c1cccnc1. The largest absolute Gasteiger partial charge is 0.480 e. The Kier molecular flexibility index (Phi) is 5.64. The average molecular weight is 199 g/mol. The minimum atomic E-state index is -1.19. The Morgan fingerprint density at radius 3 is 2.14 bits per heavy atom. The van der Waals surface area contributed by atoms with E-state index in [1.165, 1.54) is 18.5 Å². The lowest BCUT2D eigenvalue weighted by molar-refractivity contribution is -0.140. The number of carbonyl (C=O) groups is 2. The minimum Gasteiger partial charge on any atom is -0.480 e. The monoisotopic (exact) mass is 199 g/mol. The van der Waals surface area contributed by atoms with Crippen LogP contribution in [0.4, 0.5) is 0 Å². The maximum Gasteiger partial charge on any atom is 0.337 e. The maximum atomic E-state index is 10.2. The lowest BCUT2D eigenvalue weighted by Crippen LogP contribution is -1.98. The van der Waals surface area contributed by atoms with E-state index in [1.54, 1.807) is 6.07 Å². The molecule has 0 saturated carbocycles. The molecule has 0 unspecified atom stereocenters. The van der Waals surface area contributed by atoms with Gasteiger partial charge in [0.25, 0.3) is 0 Å². The molecule has 1 aromatic rings. The fourth-order valence-electron chi connectivity index (χ4n) is 0.489. The van der Waals surface area contributed by atoms with E-state index in [9.17, 15) is 4.79 Å². The molecule has 1 aromatic heterocycles. The van der Waals surface area contributed by atoms with Gasteiger partial charge in [-0.3, -0.25) is 4.98 Å². The Morgan fingerprint density at radius 2 is 1.93 bits per heavy atom. The van der Waals surface area contributed by atoms with Crippen LogP contribution in [-0.2, 0) is 4.79 Å². The number of hydrogen-bond acceptors (Lipinski definition) is 4. The standard InChI is InChI=1S/C6H5NO2.C2H4O3/c8-6(9)5-2-1-3-7-4-5;3-1-2(4)5/h1-4H,(H,8,9);3H,1H2,(H,4,5). The number of aromatic nitrogens is 1. The van der Waals surface area contributed by atoms with Gasteiger partial charge in [0.2, 0.25) is 0 Å². The molecule has 0 amide bonds. The number of carboxylic acids is 2. The van der Waals surface area contributed by atoms with Gasteiger partial charge in [-0.05, 0) is 12.1 Å². The summed E-state index contributed by atoms with van der Waals surface area (Å²) < 4.78 is 0. The molecule has 0 aliphatic carbocycles. The topological polar surface area (TPSA) is 108 Å². The highest BCUT2D eigenvalue weighted by Crippen LogP contribution is 1.92. The third-order valence-corrected chi connectivity index (χ3v) is 1.04. The summed E-state index contributed by atoms with van der Waals surface area (Å²) in [5.74, 6) is -2.13. The number of aliphatic carboxylic acids is 1. The number of aliphatic hydroxyl groups is 1. The molecule has 0 saturated heterocycles. The Balaban J connectivity index is 0.000000292. The van der Waals surface area contributed by atoms with Gasteiger partial charge in [0, 0.05) is 12.4 Å². The van der Waals surface area contributed by atoms with E-state index in [-0.39, 0.29) is 5.56 Å². The molecule has 1 rings (SSSR count). The highest BCUT2D eigenvalue weighted by molar-refractivity contribution is 5.86. The van der Waals surface area contributed by atoms with Gasteiger partial charge < -0.3 is 15.3 Å². The van der Waals surface area contributed by atoms with Crippen LogP contribution in [0.3, 0.4) is 0 Å². The molecular formula is C8H9NO5. The molecule has 0 aromatic carbocycles. The highest BCUT2D eigenvalue weighted by atomic mass is 16.4. The Hall–Kier alpha value is -1.95. The molecule has 14 heavy (non-hydrogen) atoms. The quantitative estimate of drug-likeness (QED) is 0.611. The van der Waals surface area contributed by atoms with E-state index in [0.717, 1.165) is 0 Å². The summed E-state index contributed by atoms with van der Waals surface area (Å²) in [5, 5.41) is 23.4. The molecular weight excluding hydrogens is 190 g/mol. The van der Waals surface area contributed by atoms with Crippen LogP contribution in [0.15, 0.2) is 24.5 Å². The molecule has 6 heteroatoms. The number of carboxylic acid groups (broad SMARTS) is 2. The molecule has 0 aliphatic heterocycles. The average Bonchev–Trinajstić information content (AvgIpc) is 2.20. The third kappa shape index (κ3) is 5.67. The molecule has 76 valence electrons. The summed E-state index contributed by atoms with van der Waals surface area (Å²) in [5.41, 5.74) is 0.220. The molecule has 0 bridgehead atoms. The first kappa shape index (κ1) is 12.0. The van der Waals surface area contributed by atoms with Gasteiger partial charge in [-0.15, -0.1) is 0 Å². The second-order valence-corrected chi connectivity index (χ2v) is 2.10. The zero-order valence-corrected chi connectivity index (χ0v) is 7.12. The van der Waals surface area contributed by atoms with Crippen molar-refractivity contribution in [3.63, 3.8) is 0 Å². The number of hydrogen-bond donors (Lipinski definition) is 3. The van der Waals surface area contributed by atoms with Gasteiger partial charge in [-0.25, -0.2) is 9.59 Å². The van der Waals surface area contributed by atoms with E-state index >= 15 is 0 Å². The summed E-state index contributed by atoms with van der Waals surface area (Å²) >= 11 is 0. The van der Waals surface area contributed by atoms with Gasteiger partial charge in [0.15, 0.2) is 0 Å². The lowest BCUT2D eigenvalue weighted by atomic mass is 10.3. The zero-order valence-electron chi connectivity index (χ0n) is 7.12. The maximum absolute atomic E-state index is 10.2. The normalized spacial score (nSPS) is 8.36. The predicted molar refractivity (Wildman–Crippen MR) is 45.9 cm³/mol. The van der Waals surface area contributed by atoms with Crippen molar-refractivity contribution in [2.24, 2.45) is 0 Å². The van der Waals surface area contributed by atoms with Crippen molar-refractivity contribution >= 4 is 11.9 Å². The van der Waals surface area contributed by atoms with Crippen LogP contribution in [-0.4, -0.2) is 38.8 Å². The fourth-order valence-corrected chi connectivity index (χ4v) is 0.489. The predicted octanol–water partition coefficient (Wildman–Crippen LogP) is -0.157. The number of pyridine rings is 1. The van der Waals surface area contributed by atoms with Gasteiger partial charge >= 0.3 is 11.9 Å². The number of aliphatic hydroxyl groups excluding tert-OH is 1. The van der Waals surface area contributed by atoms with Crippen LogP contribution in [0.25, 0.3) is 0 Å². The van der Waals surface area contributed by atoms with Crippen LogP contribution in [0.2, 0.25) is 0 Å². The zero-order chi connectivity index (χ0) is 11.0. The van der Waals surface area contributed by atoms with Crippen LogP contribution < -0.4 is 0 Å². The second kappa shape index (κ2) is 6.55. The summed E-state index contributed by atoms with van der Waals surface area (Å²) in [6, 6.07) is 3.08. The van der Waals surface area contributed by atoms with Crippen molar-refractivity contribution in [1.29, 1.82) is 0 Å². The molecule has 3 N–H and O–H groups in total. The van der Waals surface area contributed by atoms with E-state index < -0.39 is 18.5 Å². The fraction of sp³-hybridized carbons (Fsp3) is 0.125. The number of nitrogens with zero attached hydrogens (tertiary/aromatic N) is 1. The molecule has 0 spiro atoms. The highest BCUT2D eigenvalue weighted by Gasteiger charge is 1.97. The van der Waals surface area contributed by atoms with Gasteiger partial charge in [-0.2, -0.15) is 0 Å². The van der Waals surface area contributed by atoms with Crippen molar-refractivity contribution in [2.75, 3.05) is 6.61 Å². The molecule has 6 nitrogen and oxygen atoms in total. The second-order valence-electron chi connectivity index (χ2n) is 2.10. The van der Waals surface area contributed by atoms with Crippen molar-refractivity contribution in [2.45, 2.75) is 0 Å². The summed E-state index contributed by atoms with van der Waals surface area (Å²) in [4.78, 5) is 22.9. The minimum absolute atomic E-state index is 0.220. The van der Waals surface area contributed by atoms with Crippen molar-refractivity contribution < 1.29 is 24.9 Å². The molecule has 1 heterocycles. The number of rotatable bonds is 2. The smallest absolute Gasteiger partial charge is 0.337 e. The van der Waals surface area contributed by atoms with Gasteiger partial charge in [-0.1, -0.05) is 0 Å². The van der Waals surface area contributed by atoms with E-state index in [1.807, 2.05) is 0 Å². The molecule has 0 aliphatic rings. The Morgan fingerprint density at radius 1 is 1.36 bits per heavy atom. The van der Waals surface area contributed by atoms with E-state index in [2.05, 4.69) is 4.98 Å². The van der Waals surface area contributed by atoms with Crippen LogP contribution >= 0.6 is 0 Å². The van der Waals surface area contributed by atoms with E-state index in [0.29, 0.717) is 0 Å². The first-order valence-corrected chi connectivity index (χ1v) is 3.54. The van der Waals surface area contributed by atoms with Crippen molar-refractivity contribution in [3.05, 3.63) is 30.1 Å². The third-order valence-electron chi connectivity index (χ3n) is 1.04. The van der Waals surface area contributed by atoms with Crippen LogP contribution in [0.1, 0.15) is 10.4 Å². The lowest BCUT2D eigenvalue weighted by Gasteiger charge is -1.87. The van der Waals surface area contributed by atoms with Gasteiger partial charge in [0.1, 0.15) is 6.61 Å². The Bertz CT molecular complexity index is 298. The van der Waals surface area contributed by atoms with E-state index in [4.69, 9.17) is 20.1 Å². The van der Waals surface area contributed by atoms with Crippen molar-refractivity contribution in [3.8, 4) is 0 Å². The first-order valence-electron chi connectivity index (χ1n) is 3.54. The van der Waals surface area contributed by atoms with Crippen LogP contribution in [0.5, 0.6) is 0 Å². The van der Waals surface area contributed by atoms with Crippen molar-refractivity contribution in [1.82, 2.24) is 4.98 Å². The molecule has 0 radical (unpaired) electrons. The summed E-state index contributed by atoms with van der Waals surface area (Å²) in [6.45, 7) is -0.778. The summed E-state index contributed by atoms with van der Waals surface area (Å²) in [7, 11) is 0.